The third kappa shape index (κ3) is 4.26. The van der Waals surface area contributed by atoms with Crippen molar-refractivity contribution in [2.24, 2.45) is 0 Å². The predicted molar refractivity (Wildman–Crippen MR) is 228 cm³/mol. The molecule has 0 aliphatic carbocycles. The fourth-order valence-electron chi connectivity index (χ4n) is 8.37. The highest BCUT2D eigenvalue weighted by Crippen LogP contribution is 2.44. The van der Waals surface area contributed by atoms with E-state index in [1.165, 1.54) is 68.3 Å². The van der Waals surface area contributed by atoms with Crippen molar-refractivity contribution in [2.45, 2.75) is 0 Å². The largest absolute Gasteiger partial charge is 0.278 e. The van der Waals surface area contributed by atoms with Gasteiger partial charge in [-0.2, -0.15) is 0 Å². The molecule has 0 bridgehead atoms. The van der Waals surface area contributed by atoms with Crippen molar-refractivity contribution < 1.29 is 0 Å². The second-order valence-corrected chi connectivity index (χ2v) is 15.9. The maximum atomic E-state index is 5.58. The van der Waals surface area contributed by atoms with Crippen LogP contribution in [0, 0.1) is 0 Å². The van der Waals surface area contributed by atoms with E-state index in [2.05, 4.69) is 168 Å². The van der Waals surface area contributed by atoms with Crippen molar-refractivity contribution in [1.29, 1.82) is 0 Å². The molecule has 0 unspecified atom stereocenters. The molecule has 8 aromatic carbocycles. The van der Waals surface area contributed by atoms with E-state index in [1.54, 1.807) is 11.3 Å². The van der Waals surface area contributed by atoms with Gasteiger partial charge in [-0.05, 0) is 63.0 Å². The van der Waals surface area contributed by atoms with Gasteiger partial charge in [-0.25, -0.2) is 9.97 Å². The van der Waals surface area contributed by atoms with Gasteiger partial charge in [0.1, 0.15) is 0 Å². The quantitative estimate of drug-likeness (QED) is 0.183. The summed E-state index contributed by atoms with van der Waals surface area (Å²) in [5.74, 6) is 0.682. The minimum Gasteiger partial charge on any atom is -0.278 e. The zero-order valence-electron chi connectivity index (χ0n) is 28.2. The Balaban J connectivity index is 1.20. The first-order valence-corrected chi connectivity index (χ1v) is 19.5. The van der Waals surface area contributed by atoms with E-state index in [4.69, 9.17) is 9.97 Å². The number of thiophene rings is 2. The summed E-state index contributed by atoms with van der Waals surface area (Å²) in [6.45, 7) is 0. The molecule has 0 aliphatic heterocycles. The second kappa shape index (κ2) is 11.1. The molecule has 0 radical (unpaired) electrons. The molecular weight excluding hydrogens is 683 g/mol. The lowest BCUT2D eigenvalue weighted by Crippen LogP contribution is -2.02. The van der Waals surface area contributed by atoms with Crippen molar-refractivity contribution >= 4 is 106 Å². The van der Waals surface area contributed by atoms with Crippen molar-refractivity contribution in [3.05, 3.63) is 164 Å². The summed E-state index contributed by atoms with van der Waals surface area (Å²) >= 11 is 3.63. The zero-order valence-corrected chi connectivity index (χ0v) is 29.9. The van der Waals surface area contributed by atoms with Crippen LogP contribution in [-0.2, 0) is 0 Å². The molecule has 0 saturated carbocycles. The van der Waals surface area contributed by atoms with Crippen LogP contribution in [0.5, 0.6) is 0 Å². The summed E-state index contributed by atoms with van der Waals surface area (Å²) in [6, 6.07) is 59.3. The second-order valence-electron chi connectivity index (χ2n) is 13.7. The molecule has 53 heavy (non-hydrogen) atoms. The zero-order chi connectivity index (χ0) is 34.6. The van der Waals surface area contributed by atoms with Gasteiger partial charge in [0.15, 0.2) is 0 Å². The molecule has 246 valence electrons. The molecular formula is C48H27N3S2. The van der Waals surface area contributed by atoms with E-state index in [9.17, 15) is 0 Å². The Kier molecular flexibility index (Phi) is 6.09. The van der Waals surface area contributed by atoms with Crippen LogP contribution in [0.1, 0.15) is 0 Å². The minimum absolute atomic E-state index is 0.682. The monoisotopic (exact) mass is 709 g/mol. The first kappa shape index (κ1) is 29.2. The average molecular weight is 710 g/mol. The number of nitrogens with zero attached hydrogens (tertiary/aromatic N) is 3. The highest BCUT2D eigenvalue weighted by molar-refractivity contribution is 7.26. The van der Waals surface area contributed by atoms with Crippen LogP contribution in [-0.4, -0.2) is 14.5 Å². The van der Waals surface area contributed by atoms with Crippen LogP contribution >= 0.6 is 22.7 Å². The number of hydrogen-bond acceptors (Lipinski definition) is 4. The molecule has 0 spiro atoms. The summed E-state index contributed by atoms with van der Waals surface area (Å²) < 4.78 is 7.17. The first-order valence-electron chi connectivity index (χ1n) is 17.8. The summed E-state index contributed by atoms with van der Waals surface area (Å²) in [7, 11) is 0. The van der Waals surface area contributed by atoms with Gasteiger partial charge < -0.3 is 0 Å². The molecule has 12 rings (SSSR count). The van der Waals surface area contributed by atoms with Gasteiger partial charge in [0, 0.05) is 46.6 Å². The number of fused-ring (bicyclic) bond motifs is 13. The maximum absolute atomic E-state index is 5.58. The lowest BCUT2D eigenvalue weighted by molar-refractivity contribution is 1.02. The van der Waals surface area contributed by atoms with E-state index < -0.39 is 0 Å². The molecule has 4 heterocycles. The predicted octanol–water partition coefficient (Wildman–Crippen LogP) is 13.9. The van der Waals surface area contributed by atoms with E-state index in [0.717, 1.165) is 37.9 Å². The Morgan fingerprint density at radius 2 is 0.981 bits per heavy atom. The topological polar surface area (TPSA) is 30.7 Å². The Bertz CT molecular complexity index is 3370. The van der Waals surface area contributed by atoms with E-state index in [0.29, 0.717) is 5.95 Å². The minimum atomic E-state index is 0.682. The van der Waals surface area contributed by atoms with Crippen LogP contribution < -0.4 is 0 Å². The van der Waals surface area contributed by atoms with Gasteiger partial charge in [0.05, 0.1) is 26.9 Å². The van der Waals surface area contributed by atoms with Crippen molar-refractivity contribution in [3.63, 3.8) is 0 Å². The molecule has 0 saturated heterocycles. The lowest BCUT2D eigenvalue weighted by Gasteiger charge is -2.11. The van der Waals surface area contributed by atoms with Gasteiger partial charge >= 0.3 is 0 Å². The molecule has 0 aliphatic rings. The third-order valence-corrected chi connectivity index (χ3v) is 13.1. The first-order chi connectivity index (χ1) is 26.3. The molecule has 0 atom stereocenters. The lowest BCUT2D eigenvalue weighted by atomic mass is 10.00. The fraction of sp³-hybridized carbons (Fsp3) is 0. The highest BCUT2D eigenvalue weighted by atomic mass is 32.1. The van der Waals surface area contributed by atoms with E-state index in [-0.39, 0.29) is 0 Å². The smallest absolute Gasteiger partial charge is 0.235 e. The third-order valence-electron chi connectivity index (χ3n) is 10.8. The fourth-order valence-corrected chi connectivity index (χ4v) is 10.7. The molecule has 4 aromatic heterocycles. The number of hydrogen-bond donors (Lipinski definition) is 0. The standard InChI is InChI=1S/C48H27N3S2/c1-2-10-28(11-3-1)31-18-23-37-42(26-31)53-47-45(32-19-22-36-35-16-8-9-17-40(35)52-41(36)27-32)49-48(50-46(37)47)51-38-24-20-29-12-4-6-14-33(29)43(38)44-34-15-7-5-13-30(34)21-25-39(44)51/h1-27H. The Hall–Kier alpha value is -6.40. The number of rotatable bonds is 3. The Morgan fingerprint density at radius 3 is 1.74 bits per heavy atom. The molecule has 0 N–H and O–H groups in total. The number of aromatic nitrogens is 3. The van der Waals surface area contributed by atoms with Crippen molar-refractivity contribution in [3.8, 4) is 28.3 Å². The van der Waals surface area contributed by atoms with Gasteiger partial charge in [-0.1, -0.05) is 133 Å². The normalized spacial score (nSPS) is 12.2. The van der Waals surface area contributed by atoms with Crippen LogP contribution in [0.15, 0.2) is 164 Å². The van der Waals surface area contributed by atoms with E-state index >= 15 is 0 Å². The van der Waals surface area contributed by atoms with Crippen LogP contribution in [0.25, 0.3) is 112 Å². The van der Waals surface area contributed by atoms with Gasteiger partial charge in [-0.3, -0.25) is 4.57 Å². The number of benzene rings is 8. The summed E-state index contributed by atoms with van der Waals surface area (Å²) in [5.41, 5.74) is 7.66. The molecule has 0 amide bonds. The van der Waals surface area contributed by atoms with Crippen molar-refractivity contribution in [2.75, 3.05) is 0 Å². The van der Waals surface area contributed by atoms with Crippen molar-refractivity contribution in [1.82, 2.24) is 14.5 Å². The maximum Gasteiger partial charge on any atom is 0.235 e. The van der Waals surface area contributed by atoms with Gasteiger partial charge in [-0.15, -0.1) is 22.7 Å². The summed E-state index contributed by atoms with van der Waals surface area (Å²) in [5, 5.41) is 11.1. The molecule has 5 heteroatoms. The summed E-state index contributed by atoms with van der Waals surface area (Å²) in [4.78, 5) is 11.1. The van der Waals surface area contributed by atoms with Crippen LogP contribution in [0.3, 0.4) is 0 Å². The Morgan fingerprint density at radius 1 is 0.396 bits per heavy atom. The average Bonchev–Trinajstić information content (AvgIpc) is 3.90. The highest BCUT2D eigenvalue weighted by Gasteiger charge is 2.22. The van der Waals surface area contributed by atoms with Crippen LogP contribution in [0.2, 0.25) is 0 Å². The van der Waals surface area contributed by atoms with E-state index in [1.807, 2.05) is 11.3 Å². The van der Waals surface area contributed by atoms with Crippen LogP contribution in [0.4, 0.5) is 0 Å². The van der Waals surface area contributed by atoms with Gasteiger partial charge in [0.2, 0.25) is 5.95 Å². The Labute approximate surface area is 311 Å². The molecule has 0 fully saturated rings. The summed E-state index contributed by atoms with van der Waals surface area (Å²) in [6.07, 6.45) is 0. The molecule has 3 nitrogen and oxygen atoms in total. The molecule has 12 aromatic rings. The SMILES string of the molecule is c1ccc(-c2ccc3c(c2)sc2c(-c4ccc5c(c4)sc4ccccc45)nc(-n4c5ccc6ccccc6c5c5c6ccccc6ccc54)nc23)cc1. The van der Waals surface area contributed by atoms with Gasteiger partial charge in [0.25, 0.3) is 0 Å².